The molecule has 0 aliphatic rings. The van der Waals surface area contributed by atoms with Crippen LogP contribution >= 0.6 is 0 Å². The molecule has 0 aromatic heterocycles. The van der Waals surface area contributed by atoms with Crippen LogP contribution in [-0.4, -0.2) is 29.9 Å². The molecule has 0 rings (SSSR count). The summed E-state index contributed by atoms with van der Waals surface area (Å²) in [5, 5.41) is 5.53. The maximum Gasteiger partial charge on any atom is 0.222 e. The molecule has 0 heterocycles. The number of nitrogens with two attached hydrogens (primary N) is 1. The molecule has 2 amide bonds. The monoisotopic (exact) mass is 243 g/mol. The molecule has 0 spiro atoms. The summed E-state index contributed by atoms with van der Waals surface area (Å²) in [7, 11) is 0. The first kappa shape index (κ1) is 15.9. The van der Waals surface area contributed by atoms with Gasteiger partial charge in [-0.3, -0.25) is 9.59 Å². The van der Waals surface area contributed by atoms with Gasteiger partial charge in [0.1, 0.15) is 0 Å². The lowest BCUT2D eigenvalue weighted by atomic mass is 10.1. The third kappa shape index (κ3) is 11.2. The molecular formula is C12H25N3O2. The maximum atomic E-state index is 11.4. The van der Waals surface area contributed by atoms with E-state index in [0.29, 0.717) is 25.8 Å². The van der Waals surface area contributed by atoms with Crippen molar-refractivity contribution in [2.45, 2.75) is 58.5 Å². The second-order valence-corrected chi connectivity index (χ2v) is 5.41. The molecule has 1 atom stereocenters. The van der Waals surface area contributed by atoms with Gasteiger partial charge in [-0.25, -0.2) is 0 Å². The van der Waals surface area contributed by atoms with Gasteiger partial charge in [0, 0.05) is 31.0 Å². The zero-order chi connectivity index (χ0) is 13.5. The molecule has 17 heavy (non-hydrogen) atoms. The van der Waals surface area contributed by atoms with Crippen molar-refractivity contribution in [2.75, 3.05) is 6.54 Å². The molecule has 0 fully saturated rings. The Morgan fingerprint density at radius 3 is 2.24 bits per heavy atom. The van der Waals surface area contributed by atoms with Crippen LogP contribution in [0.4, 0.5) is 0 Å². The van der Waals surface area contributed by atoms with Crippen molar-refractivity contribution in [1.29, 1.82) is 0 Å². The summed E-state index contributed by atoms with van der Waals surface area (Å²) in [4.78, 5) is 22.7. The van der Waals surface area contributed by atoms with Crippen molar-refractivity contribution in [3.05, 3.63) is 0 Å². The molecule has 1 unspecified atom stereocenters. The smallest absolute Gasteiger partial charge is 0.222 e. The normalized spacial score (nSPS) is 13.0. The van der Waals surface area contributed by atoms with Gasteiger partial charge >= 0.3 is 0 Å². The zero-order valence-electron chi connectivity index (χ0n) is 11.3. The summed E-state index contributed by atoms with van der Waals surface area (Å²) in [6.07, 6.45) is 1.39. The number of carbonyl (C=O) groups excluding carboxylic acids is 2. The largest absolute Gasteiger partial charge is 0.356 e. The molecule has 5 nitrogen and oxygen atoms in total. The fraction of sp³-hybridized carbons (Fsp3) is 0.833. The van der Waals surface area contributed by atoms with Gasteiger partial charge in [0.05, 0.1) is 0 Å². The molecule has 0 bridgehead atoms. The van der Waals surface area contributed by atoms with Crippen LogP contribution in [0.25, 0.3) is 0 Å². The number of amides is 2. The van der Waals surface area contributed by atoms with E-state index in [4.69, 9.17) is 5.73 Å². The van der Waals surface area contributed by atoms with Gasteiger partial charge in [0.25, 0.3) is 0 Å². The molecule has 4 N–H and O–H groups in total. The Bertz CT molecular complexity index is 257. The Morgan fingerprint density at radius 1 is 1.18 bits per heavy atom. The summed E-state index contributed by atoms with van der Waals surface area (Å²) in [5.41, 5.74) is 5.32. The first-order valence-electron chi connectivity index (χ1n) is 6.04. The van der Waals surface area contributed by atoms with Crippen molar-refractivity contribution in [1.82, 2.24) is 10.6 Å². The van der Waals surface area contributed by atoms with Crippen molar-refractivity contribution in [3.63, 3.8) is 0 Å². The predicted molar refractivity (Wildman–Crippen MR) is 68.4 cm³/mol. The van der Waals surface area contributed by atoms with Crippen LogP contribution in [0.1, 0.15) is 47.0 Å². The van der Waals surface area contributed by atoms with Gasteiger partial charge in [-0.1, -0.05) is 0 Å². The van der Waals surface area contributed by atoms with Crippen LogP contribution < -0.4 is 16.4 Å². The number of nitrogens with one attached hydrogen (secondary N) is 2. The molecule has 100 valence electrons. The minimum Gasteiger partial charge on any atom is -0.356 e. The van der Waals surface area contributed by atoms with Crippen LogP contribution in [-0.2, 0) is 9.59 Å². The van der Waals surface area contributed by atoms with E-state index in [1.54, 1.807) is 0 Å². The average Bonchev–Trinajstić information content (AvgIpc) is 2.11. The van der Waals surface area contributed by atoms with Gasteiger partial charge < -0.3 is 16.4 Å². The zero-order valence-corrected chi connectivity index (χ0v) is 11.3. The SMILES string of the molecule is CC(N)CCC(=O)NCCC(=O)NC(C)(C)C. The van der Waals surface area contributed by atoms with E-state index in [0.717, 1.165) is 0 Å². The lowest BCUT2D eigenvalue weighted by molar-refractivity contribution is -0.123. The van der Waals surface area contributed by atoms with Crippen LogP contribution in [0, 0.1) is 0 Å². The lowest BCUT2D eigenvalue weighted by Crippen LogP contribution is -2.42. The van der Waals surface area contributed by atoms with E-state index >= 15 is 0 Å². The van der Waals surface area contributed by atoms with E-state index in [1.807, 2.05) is 27.7 Å². The number of hydrogen-bond donors (Lipinski definition) is 3. The highest BCUT2D eigenvalue weighted by Gasteiger charge is 2.13. The standard InChI is InChI=1S/C12H25N3O2/c1-9(13)5-6-10(16)14-8-7-11(17)15-12(2,3)4/h9H,5-8,13H2,1-4H3,(H,14,16)(H,15,17). The topological polar surface area (TPSA) is 84.2 Å². The average molecular weight is 243 g/mol. The van der Waals surface area contributed by atoms with E-state index in [-0.39, 0.29) is 23.4 Å². The summed E-state index contributed by atoms with van der Waals surface area (Å²) in [5.74, 6) is -0.101. The first-order valence-corrected chi connectivity index (χ1v) is 6.04. The highest BCUT2D eigenvalue weighted by Crippen LogP contribution is 1.98. The Balaban J connectivity index is 3.63. The van der Waals surface area contributed by atoms with Gasteiger partial charge in [0.15, 0.2) is 0 Å². The molecule has 0 saturated carbocycles. The summed E-state index contributed by atoms with van der Waals surface area (Å²) >= 11 is 0. The Morgan fingerprint density at radius 2 is 1.76 bits per heavy atom. The van der Waals surface area contributed by atoms with E-state index < -0.39 is 0 Å². The van der Waals surface area contributed by atoms with Crippen LogP contribution in [0.2, 0.25) is 0 Å². The minimum absolute atomic E-state index is 0.0324. The first-order chi connectivity index (χ1) is 7.70. The van der Waals surface area contributed by atoms with Gasteiger partial charge in [-0.05, 0) is 34.1 Å². The van der Waals surface area contributed by atoms with Crippen LogP contribution in [0.5, 0.6) is 0 Å². The Hall–Kier alpha value is -1.10. The molecular weight excluding hydrogens is 218 g/mol. The summed E-state index contributed by atoms with van der Waals surface area (Å²) in [6, 6.07) is 0.0324. The number of carbonyl (C=O) groups is 2. The highest BCUT2D eigenvalue weighted by atomic mass is 16.2. The Kier molecular flexibility index (Phi) is 6.80. The predicted octanol–water partition coefficient (Wildman–Crippen LogP) is 0.535. The van der Waals surface area contributed by atoms with Crippen molar-refractivity contribution in [2.24, 2.45) is 5.73 Å². The van der Waals surface area contributed by atoms with Crippen molar-refractivity contribution < 1.29 is 9.59 Å². The second-order valence-electron chi connectivity index (χ2n) is 5.41. The highest BCUT2D eigenvalue weighted by molar-refractivity contribution is 5.79. The van der Waals surface area contributed by atoms with E-state index in [2.05, 4.69) is 10.6 Å². The lowest BCUT2D eigenvalue weighted by Gasteiger charge is -2.20. The van der Waals surface area contributed by atoms with Gasteiger partial charge in [-0.15, -0.1) is 0 Å². The minimum atomic E-state index is -0.226. The molecule has 0 aromatic carbocycles. The van der Waals surface area contributed by atoms with Crippen LogP contribution in [0.3, 0.4) is 0 Å². The number of rotatable bonds is 6. The van der Waals surface area contributed by atoms with Gasteiger partial charge in [-0.2, -0.15) is 0 Å². The second kappa shape index (κ2) is 7.27. The number of hydrogen-bond acceptors (Lipinski definition) is 3. The summed E-state index contributed by atoms with van der Waals surface area (Å²) in [6.45, 7) is 8.01. The third-order valence-corrected chi connectivity index (χ3v) is 2.02. The van der Waals surface area contributed by atoms with E-state index in [1.165, 1.54) is 0 Å². The maximum absolute atomic E-state index is 11.4. The van der Waals surface area contributed by atoms with Crippen molar-refractivity contribution in [3.8, 4) is 0 Å². The third-order valence-electron chi connectivity index (χ3n) is 2.02. The fourth-order valence-electron chi connectivity index (χ4n) is 1.24. The van der Waals surface area contributed by atoms with Crippen molar-refractivity contribution >= 4 is 11.8 Å². The molecule has 5 heteroatoms. The van der Waals surface area contributed by atoms with E-state index in [9.17, 15) is 9.59 Å². The van der Waals surface area contributed by atoms with Gasteiger partial charge in [0.2, 0.25) is 11.8 Å². The molecule has 0 saturated heterocycles. The fourth-order valence-corrected chi connectivity index (χ4v) is 1.24. The molecule has 0 aromatic rings. The molecule has 0 radical (unpaired) electrons. The summed E-state index contributed by atoms with van der Waals surface area (Å²) < 4.78 is 0. The van der Waals surface area contributed by atoms with Crippen LogP contribution in [0.15, 0.2) is 0 Å². The molecule has 0 aliphatic heterocycles. The molecule has 0 aliphatic carbocycles. The Labute approximate surface area is 104 Å². The quantitative estimate of drug-likeness (QED) is 0.636.